The highest BCUT2D eigenvalue weighted by Gasteiger charge is 2.23. The monoisotopic (exact) mass is 203 g/mol. The second kappa shape index (κ2) is 3.57. The van der Waals surface area contributed by atoms with Crippen molar-refractivity contribution >= 4 is 17.3 Å². The van der Waals surface area contributed by atoms with E-state index in [2.05, 4.69) is 9.99 Å². The number of allylic oxidation sites excluding steroid dienone is 1. The second-order valence-corrected chi connectivity index (χ2v) is 3.06. The third-order valence-electron chi connectivity index (χ3n) is 2.14. The summed E-state index contributed by atoms with van der Waals surface area (Å²) in [6.07, 6.45) is 1.14. The fourth-order valence-corrected chi connectivity index (χ4v) is 1.50. The lowest BCUT2D eigenvalue weighted by Crippen LogP contribution is -2.20. The van der Waals surface area contributed by atoms with Gasteiger partial charge in [0.05, 0.1) is 0 Å². The summed E-state index contributed by atoms with van der Waals surface area (Å²) in [6.45, 7) is 0. The van der Waals surface area contributed by atoms with E-state index >= 15 is 0 Å². The molecule has 2 rings (SSSR count). The number of nitrogens with zero attached hydrogens (tertiary/aromatic N) is 1. The Bertz CT molecular complexity index is 474. The number of hydrogen-bond acceptors (Lipinski definition) is 4. The molecule has 0 heterocycles. The predicted molar refractivity (Wildman–Crippen MR) is 55.6 cm³/mol. The first-order valence-electron chi connectivity index (χ1n) is 4.40. The molecule has 4 nitrogen and oxygen atoms in total. The summed E-state index contributed by atoms with van der Waals surface area (Å²) in [7, 11) is 1.38. The van der Waals surface area contributed by atoms with Crippen LogP contribution in [0.1, 0.15) is 11.1 Å². The van der Waals surface area contributed by atoms with Crippen LogP contribution in [0.25, 0.3) is 5.76 Å². The normalized spacial score (nSPS) is 17.3. The van der Waals surface area contributed by atoms with E-state index in [-0.39, 0.29) is 17.3 Å². The van der Waals surface area contributed by atoms with E-state index in [1.165, 1.54) is 7.11 Å². The smallest absolute Gasteiger partial charge is 0.211 e. The first-order chi connectivity index (χ1) is 7.24. The maximum atomic E-state index is 11.5. The van der Waals surface area contributed by atoms with Gasteiger partial charge in [-0.15, -0.1) is 0 Å². The average Bonchev–Trinajstić information content (AvgIpc) is 2.24. The van der Waals surface area contributed by atoms with Gasteiger partial charge >= 0.3 is 0 Å². The quantitative estimate of drug-likeness (QED) is 0.704. The maximum absolute atomic E-state index is 11.5. The molecule has 0 fully saturated rings. The minimum absolute atomic E-state index is 0.0364. The van der Waals surface area contributed by atoms with E-state index in [1.807, 2.05) is 0 Å². The fraction of sp³-hybridized carbons (Fsp3) is 0.0909. The van der Waals surface area contributed by atoms with Crippen molar-refractivity contribution in [2.45, 2.75) is 0 Å². The average molecular weight is 203 g/mol. The molecule has 0 aromatic heterocycles. The highest BCUT2D eigenvalue weighted by atomic mass is 16.6. The minimum Gasteiger partial charge on any atom is -0.507 e. The number of carbonyl (C=O) groups excluding carboxylic acids is 1. The van der Waals surface area contributed by atoms with E-state index < -0.39 is 0 Å². The van der Waals surface area contributed by atoms with Crippen molar-refractivity contribution in [3.63, 3.8) is 0 Å². The van der Waals surface area contributed by atoms with Gasteiger partial charge in [0.15, 0.2) is 5.71 Å². The first-order valence-corrected chi connectivity index (χ1v) is 4.40. The van der Waals surface area contributed by atoms with Gasteiger partial charge in [0.25, 0.3) is 0 Å². The Morgan fingerprint density at radius 1 is 1.27 bits per heavy atom. The molecule has 4 heteroatoms. The summed E-state index contributed by atoms with van der Waals surface area (Å²) in [5.74, 6) is -0.390. The third-order valence-corrected chi connectivity index (χ3v) is 2.14. The van der Waals surface area contributed by atoms with E-state index in [9.17, 15) is 9.90 Å². The number of fused-ring (bicyclic) bond motifs is 1. The molecule has 0 saturated carbocycles. The number of hydrogen-bond donors (Lipinski definition) is 1. The Labute approximate surface area is 86.5 Å². The Hall–Kier alpha value is -2.10. The van der Waals surface area contributed by atoms with Crippen molar-refractivity contribution in [1.29, 1.82) is 0 Å². The lowest BCUT2D eigenvalue weighted by Gasteiger charge is -2.13. The first kappa shape index (κ1) is 9.45. The summed E-state index contributed by atoms with van der Waals surface area (Å²) in [5.41, 5.74) is 1.39. The van der Waals surface area contributed by atoms with Crippen molar-refractivity contribution in [2.75, 3.05) is 7.11 Å². The van der Waals surface area contributed by atoms with E-state index in [4.69, 9.17) is 0 Å². The molecule has 0 bridgehead atoms. The van der Waals surface area contributed by atoms with Crippen molar-refractivity contribution in [3.05, 3.63) is 41.5 Å². The van der Waals surface area contributed by atoms with Gasteiger partial charge in [0, 0.05) is 17.2 Å². The van der Waals surface area contributed by atoms with Gasteiger partial charge in [-0.2, -0.15) is 0 Å². The number of benzene rings is 1. The van der Waals surface area contributed by atoms with Crippen LogP contribution in [-0.4, -0.2) is 23.7 Å². The second-order valence-electron chi connectivity index (χ2n) is 3.06. The molecule has 0 aliphatic heterocycles. The molecule has 0 amide bonds. The van der Waals surface area contributed by atoms with Gasteiger partial charge in [-0.25, -0.2) is 0 Å². The molecule has 1 aliphatic carbocycles. The molecule has 0 spiro atoms. The van der Waals surface area contributed by atoms with Crippen LogP contribution in [0.5, 0.6) is 0 Å². The number of aliphatic hydroxyl groups is 1. The van der Waals surface area contributed by atoms with Crippen LogP contribution >= 0.6 is 0 Å². The van der Waals surface area contributed by atoms with E-state index in [0.717, 1.165) is 6.08 Å². The van der Waals surface area contributed by atoms with Gasteiger partial charge in [0.2, 0.25) is 5.78 Å². The minimum atomic E-state index is -0.354. The summed E-state index contributed by atoms with van der Waals surface area (Å²) in [5, 5.41) is 13.2. The molecule has 1 aliphatic rings. The lowest BCUT2D eigenvalue weighted by molar-refractivity contribution is -0.109. The van der Waals surface area contributed by atoms with Crippen LogP contribution in [0.2, 0.25) is 0 Å². The molecular weight excluding hydrogens is 194 g/mol. The zero-order chi connectivity index (χ0) is 10.8. The van der Waals surface area contributed by atoms with Crippen LogP contribution < -0.4 is 0 Å². The van der Waals surface area contributed by atoms with Gasteiger partial charge in [0.1, 0.15) is 12.9 Å². The SMILES string of the molecule is CON=C1C(=O)C=C(O)c2ccccc21. The van der Waals surface area contributed by atoms with Crippen molar-refractivity contribution < 1.29 is 14.7 Å². The highest BCUT2D eigenvalue weighted by Crippen LogP contribution is 2.23. The zero-order valence-electron chi connectivity index (χ0n) is 8.10. The molecule has 15 heavy (non-hydrogen) atoms. The molecule has 0 saturated heterocycles. The van der Waals surface area contributed by atoms with Gasteiger partial charge in [-0.3, -0.25) is 4.79 Å². The Kier molecular flexibility index (Phi) is 2.25. The number of carbonyl (C=O) groups is 1. The number of rotatable bonds is 1. The Morgan fingerprint density at radius 2 is 1.93 bits per heavy atom. The van der Waals surface area contributed by atoms with Gasteiger partial charge < -0.3 is 9.94 Å². The van der Waals surface area contributed by atoms with Crippen molar-refractivity contribution in [1.82, 2.24) is 0 Å². The number of oxime groups is 1. The Morgan fingerprint density at radius 3 is 2.60 bits per heavy atom. The van der Waals surface area contributed by atoms with Crippen LogP contribution in [0, 0.1) is 0 Å². The number of ketones is 1. The highest BCUT2D eigenvalue weighted by molar-refractivity contribution is 6.52. The third kappa shape index (κ3) is 1.50. The Balaban J connectivity index is 2.65. The fourth-order valence-electron chi connectivity index (χ4n) is 1.50. The largest absolute Gasteiger partial charge is 0.507 e. The van der Waals surface area contributed by atoms with E-state index in [0.29, 0.717) is 11.1 Å². The molecular formula is C11H9NO3. The van der Waals surface area contributed by atoms with Gasteiger partial charge in [-0.1, -0.05) is 29.4 Å². The summed E-state index contributed by atoms with van der Waals surface area (Å²) in [6, 6.07) is 6.99. The van der Waals surface area contributed by atoms with Crippen LogP contribution in [0.15, 0.2) is 35.5 Å². The lowest BCUT2D eigenvalue weighted by atomic mass is 9.93. The summed E-state index contributed by atoms with van der Waals surface area (Å²) in [4.78, 5) is 16.1. The zero-order valence-corrected chi connectivity index (χ0v) is 8.10. The van der Waals surface area contributed by atoms with Crippen molar-refractivity contribution in [3.8, 4) is 0 Å². The number of aliphatic hydroxyl groups excluding tert-OH is 1. The molecule has 0 radical (unpaired) electrons. The standard InChI is InChI=1S/C11H9NO3/c1-15-12-11-8-5-3-2-4-7(8)9(13)6-10(11)14/h2-6,13H,1H3. The van der Waals surface area contributed by atoms with Crippen LogP contribution in [0.3, 0.4) is 0 Å². The molecule has 76 valence electrons. The topological polar surface area (TPSA) is 58.9 Å². The predicted octanol–water partition coefficient (Wildman–Crippen LogP) is 1.52. The summed E-state index contributed by atoms with van der Waals surface area (Å²) >= 11 is 0. The van der Waals surface area contributed by atoms with Crippen LogP contribution in [0.4, 0.5) is 0 Å². The molecule has 1 aromatic rings. The molecule has 1 aromatic carbocycles. The molecule has 1 N–H and O–H groups in total. The molecule has 0 unspecified atom stereocenters. The van der Waals surface area contributed by atoms with Gasteiger partial charge in [-0.05, 0) is 0 Å². The maximum Gasteiger partial charge on any atom is 0.211 e. The van der Waals surface area contributed by atoms with E-state index in [1.54, 1.807) is 24.3 Å². The van der Waals surface area contributed by atoms with Crippen LogP contribution in [-0.2, 0) is 9.63 Å². The molecule has 0 atom stereocenters. The summed E-state index contributed by atoms with van der Waals surface area (Å²) < 4.78 is 0. The van der Waals surface area contributed by atoms with Crippen molar-refractivity contribution in [2.24, 2.45) is 5.16 Å².